The third kappa shape index (κ3) is 2.07. The number of aromatic nitrogens is 1. The Morgan fingerprint density at radius 1 is 1.24 bits per heavy atom. The predicted molar refractivity (Wildman–Crippen MR) is 90.4 cm³/mol. The lowest BCUT2D eigenvalue weighted by atomic mass is 9.97. The highest BCUT2D eigenvalue weighted by molar-refractivity contribution is 7.22. The number of benzene rings is 2. The van der Waals surface area contributed by atoms with Crippen LogP contribution in [0.1, 0.15) is 18.9 Å². The zero-order chi connectivity index (χ0) is 14.4. The number of aryl methyl sites for hydroxylation is 1. The van der Waals surface area contributed by atoms with Crippen LogP contribution in [-0.2, 0) is 6.42 Å². The molecule has 106 valence electrons. The van der Waals surface area contributed by atoms with E-state index in [0.717, 1.165) is 33.9 Å². The molecule has 0 bridgehead atoms. The molecule has 1 aromatic heterocycles. The van der Waals surface area contributed by atoms with E-state index in [1.807, 2.05) is 18.2 Å². The lowest BCUT2D eigenvalue weighted by Gasteiger charge is -2.35. The molecule has 3 aromatic rings. The van der Waals surface area contributed by atoms with E-state index in [4.69, 9.17) is 10.7 Å². The number of rotatable bonds is 1. The summed E-state index contributed by atoms with van der Waals surface area (Å²) in [6, 6.07) is 15.0. The molecule has 0 radical (unpaired) electrons. The van der Waals surface area contributed by atoms with Crippen molar-refractivity contribution in [1.29, 1.82) is 0 Å². The van der Waals surface area contributed by atoms with Gasteiger partial charge in [0.1, 0.15) is 0 Å². The van der Waals surface area contributed by atoms with Crippen LogP contribution in [0, 0.1) is 0 Å². The zero-order valence-corrected chi connectivity index (χ0v) is 12.7. The van der Waals surface area contributed by atoms with E-state index in [1.165, 1.54) is 11.3 Å². The van der Waals surface area contributed by atoms with Gasteiger partial charge >= 0.3 is 0 Å². The number of para-hydroxylation sites is 1. The summed E-state index contributed by atoms with van der Waals surface area (Å²) in [6.45, 7) is 2.27. The largest absolute Gasteiger partial charge is 0.399 e. The Balaban J connectivity index is 1.87. The maximum Gasteiger partial charge on any atom is 0.191 e. The first-order valence-corrected chi connectivity index (χ1v) is 8.07. The maximum atomic E-state index is 5.88. The predicted octanol–water partition coefficient (Wildman–Crippen LogP) is 4.35. The van der Waals surface area contributed by atoms with E-state index in [0.29, 0.717) is 6.04 Å². The second kappa shape index (κ2) is 4.74. The number of nitrogen functional groups attached to an aromatic ring is 1. The van der Waals surface area contributed by atoms with Gasteiger partial charge in [-0.1, -0.05) is 29.5 Å². The molecule has 4 rings (SSSR count). The van der Waals surface area contributed by atoms with Gasteiger partial charge in [0.15, 0.2) is 5.13 Å². The van der Waals surface area contributed by atoms with Gasteiger partial charge in [0.25, 0.3) is 0 Å². The SMILES string of the molecule is CC1CCc2ccccc2N1c1nc2ccc(N)cc2s1. The first kappa shape index (κ1) is 12.7. The van der Waals surface area contributed by atoms with Crippen molar-refractivity contribution < 1.29 is 0 Å². The summed E-state index contributed by atoms with van der Waals surface area (Å²) in [5.41, 5.74) is 10.4. The Labute approximate surface area is 128 Å². The number of thiazole rings is 1. The molecule has 1 aliphatic rings. The number of hydrogen-bond donors (Lipinski definition) is 1. The Morgan fingerprint density at radius 2 is 2.10 bits per heavy atom. The highest BCUT2D eigenvalue weighted by Gasteiger charge is 2.26. The molecule has 0 amide bonds. The summed E-state index contributed by atoms with van der Waals surface area (Å²) in [7, 11) is 0. The number of anilines is 3. The van der Waals surface area contributed by atoms with Crippen molar-refractivity contribution in [2.24, 2.45) is 0 Å². The molecule has 0 saturated heterocycles. The standard InChI is InChI=1S/C17H17N3S/c1-11-6-7-12-4-2-3-5-15(12)20(11)17-19-14-9-8-13(18)10-16(14)21-17/h2-5,8-11H,6-7,18H2,1H3. The molecule has 2 N–H and O–H groups in total. The second-order valence-corrected chi connectivity index (χ2v) is 6.62. The van der Waals surface area contributed by atoms with Crippen molar-refractivity contribution in [3.63, 3.8) is 0 Å². The van der Waals surface area contributed by atoms with Crippen LogP contribution in [0.5, 0.6) is 0 Å². The van der Waals surface area contributed by atoms with Gasteiger partial charge in [0.05, 0.1) is 10.2 Å². The van der Waals surface area contributed by atoms with E-state index in [9.17, 15) is 0 Å². The van der Waals surface area contributed by atoms with Crippen LogP contribution >= 0.6 is 11.3 Å². The Kier molecular flexibility index (Phi) is 2.86. The average molecular weight is 295 g/mol. The monoisotopic (exact) mass is 295 g/mol. The van der Waals surface area contributed by atoms with Gasteiger partial charge in [-0.3, -0.25) is 0 Å². The first-order valence-electron chi connectivity index (χ1n) is 7.25. The van der Waals surface area contributed by atoms with Crippen LogP contribution in [0.15, 0.2) is 42.5 Å². The minimum atomic E-state index is 0.470. The quantitative estimate of drug-likeness (QED) is 0.679. The lowest BCUT2D eigenvalue weighted by molar-refractivity contribution is 0.617. The molecule has 3 nitrogen and oxygen atoms in total. The van der Waals surface area contributed by atoms with Crippen LogP contribution in [0.25, 0.3) is 10.2 Å². The number of fused-ring (bicyclic) bond motifs is 2. The summed E-state index contributed by atoms with van der Waals surface area (Å²) in [5, 5.41) is 1.07. The summed E-state index contributed by atoms with van der Waals surface area (Å²) < 4.78 is 1.15. The molecule has 1 unspecified atom stereocenters. The number of hydrogen-bond acceptors (Lipinski definition) is 4. The average Bonchev–Trinajstić information content (AvgIpc) is 2.89. The summed E-state index contributed by atoms with van der Waals surface area (Å²) in [4.78, 5) is 7.19. The van der Waals surface area contributed by atoms with Gasteiger partial charge in [-0.15, -0.1) is 0 Å². The van der Waals surface area contributed by atoms with Gasteiger partial charge in [0.2, 0.25) is 0 Å². The van der Waals surface area contributed by atoms with Crippen molar-refractivity contribution in [3.05, 3.63) is 48.0 Å². The van der Waals surface area contributed by atoms with Crippen LogP contribution in [0.3, 0.4) is 0 Å². The molecule has 0 aliphatic carbocycles. The van der Waals surface area contributed by atoms with Crippen LogP contribution in [0.4, 0.5) is 16.5 Å². The molecule has 0 spiro atoms. The number of nitrogens with two attached hydrogens (primary N) is 1. The molecule has 0 saturated carbocycles. The third-order valence-corrected chi connectivity index (χ3v) is 5.15. The van der Waals surface area contributed by atoms with Gasteiger partial charge in [-0.2, -0.15) is 0 Å². The van der Waals surface area contributed by atoms with Crippen molar-refractivity contribution in [2.75, 3.05) is 10.6 Å². The zero-order valence-electron chi connectivity index (χ0n) is 11.9. The van der Waals surface area contributed by atoms with Crippen molar-refractivity contribution in [1.82, 2.24) is 4.98 Å². The Morgan fingerprint density at radius 3 is 3.00 bits per heavy atom. The lowest BCUT2D eigenvalue weighted by Crippen LogP contribution is -2.33. The molecule has 21 heavy (non-hydrogen) atoms. The smallest absolute Gasteiger partial charge is 0.191 e. The minimum Gasteiger partial charge on any atom is -0.399 e. The van der Waals surface area contributed by atoms with Gasteiger partial charge in [-0.05, 0) is 49.6 Å². The van der Waals surface area contributed by atoms with Crippen LogP contribution in [-0.4, -0.2) is 11.0 Å². The van der Waals surface area contributed by atoms with E-state index in [2.05, 4.69) is 36.1 Å². The van der Waals surface area contributed by atoms with Crippen LogP contribution in [0.2, 0.25) is 0 Å². The van der Waals surface area contributed by atoms with Crippen molar-refractivity contribution in [3.8, 4) is 0 Å². The Hall–Kier alpha value is -2.07. The van der Waals surface area contributed by atoms with E-state index < -0.39 is 0 Å². The summed E-state index contributed by atoms with van der Waals surface area (Å²) in [6.07, 6.45) is 2.31. The molecule has 0 fully saturated rings. The first-order chi connectivity index (χ1) is 10.2. The molecular weight excluding hydrogens is 278 g/mol. The Bertz CT molecular complexity index is 809. The fourth-order valence-corrected chi connectivity index (χ4v) is 4.14. The van der Waals surface area contributed by atoms with E-state index >= 15 is 0 Å². The van der Waals surface area contributed by atoms with Crippen molar-refractivity contribution in [2.45, 2.75) is 25.8 Å². The molecule has 4 heteroatoms. The topological polar surface area (TPSA) is 42.2 Å². The van der Waals surface area contributed by atoms with Gasteiger partial charge in [0, 0.05) is 17.4 Å². The highest BCUT2D eigenvalue weighted by Crippen LogP contribution is 2.40. The van der Waals surface area contributed by atoms with Gasteiger partial charge in [-0.25, -0.2) is 4.98 Å². The second-order valence-electron chi connectivity index (χ2n) is 5.61. The van der Waals surface area contributed by atoms with Crippen molar-refractivity contribution >= 4 is 38.1 Å². The fourth-order valence-electron chi connectivity index (χ4n) is 3.01. The highest BCUT2D eigenvalue weighted by atomic mass is 32.1. The minimum absolute atomic E-state index is 0.470. The molecule has 1 atom stereocenters. The van der Waals surface area contributed by atoms with Gasteiger partial charge < -0.3 is 10.6 Å². The van der Waals surface area contributed by atoms with E-state index in [-0.39, 0.29) is 0 Å². The maximum absolute atomic E-state index is 5.88. The molecular formula is C17H17N3S. The summed E-state index contributed by atoms with van der Waals surface area (Å²) >= 11 is 1.72. The molecule has 2 aromatic carbocycles. The third-order valence-electron chi connectivity index (χ3n) is 4.13. The molecule has 1 aliphatic heterocycles. The van der Waals surface area contributed by atoms with Crippen LogP contribution < -0.4 is 10.6 Å². The number of nitrogens with zero attached hydrogens (tertiary/aromatic N) is 2. The normalized spacial score (nSPS) is 18.0. The fraction of sp³-hybridized carbons (Fsp3) is 0.235. The molecule has 2 heterocycles. The summed E-state index contributed by atoms with van der Waals surface area (Å²) in [5.74, 6) is 0. The van der Waals surface area contributed by atoms with E-state index in [1.54, 1.807) is 11.3 Å².